The molecule has 0 bridgehead atoms. The van der Waals surface area contributed by atoms with Gasteiger partial charge in [0.25, 0.3) is 11.8 Å². The van der Waals surface area contributed by atoms with Crippen LogP contribution in [0.3, 0.4) is 0 Å². The highest BCUT2D eigenvalue weighted by molar-refractivity contribution is 6.06. The van der Waals surface area contributed by atoms with E-state index in [2.05, 4.69) is 5.32 Å². The average molecular weight is 535 g/mol. The number of carbonyl (C=O) groups is 2. The van der Waals surface area contributed by atoms with Gasteiger partial charge in [0.05, 0.1) is 32.1 Å². The Hall–Kier alpha value is -4.40. The van der Waals surface area contributed by atoms with Crippen molar-refractivity contribution < 1.29 is 33.3 Å². The van der Waals surface area contributed by atoms with Crippen LogP contribution in [-0.2, 0) is 4.79 Å². The van der Waals surface area contributed by atoms with Gasteiger partial charge in [0, 0.05) is 17.3 Å². The smallest absolute Gasteiger partial charge is 0.265 e. The first-order valence-electron chi connectivity index (χ1n) is 13.1. The lowest BCUT2D eigenvalue weighted by Crippen LogP contribution is -2.41. The molecule has 9 nitrogen and oxygen atoms in total. The Morgan fingerprint density at radius 3 is 2.21 bits per heavy atom. The van der Waals surface area contributed by atoms with E-state index in [1.807, 2.05) is 52.0 Å². The summed E-state index contributed by atoms with van der Waals surface area (Å²) in [5.74, 6) is 2.07. The fourth-order valence-corrected chi connectivity index (χ4v) is 4.14. The van der Waals surface area contributed by atoms with E-state index in [1.54, 1.807) is 35.2 Å². The highest BCUT2D eigenvalue weighted by Crippen LogP contribution is 2.40. The van der Waals surface area contributed by atoms with Crippen LogP contribution in [0.15, 0.2) is 54.6 Å². The third kappa shape index (κ3) is 6.73. The van der Waals surface area contributed by atoms with Crippen molar-refractivity contribution in [3.05, 3.63) is 65.7 Å². The zero-order chi connectivity index (χ0) is 27.8. The summed E-state index contributed by atoms with van der Waals surface area (Å²) in [6.45, 7) is 9.44. The van der Waals surface area contributed by atoms with Gasteiger partial charge in [0.2, 0.25) is 5.75 Å². The summed E-state index contributed by atoms with van der Waals surface area (Å²) in [5, 5.41) is 2.89. The minimum absolute atomic E-state index is 0.0940. The van der Waals surface area contributed by atoms with Gasteiger partial charge >= 0.3 is 0 Å². The summed E-state index contributed by atoms with van der Waals surface area (Å²) in [6, 6.07) is 16.2. The second-order valence-corrected chi connectivity index (χ2v) is 8.73. The van der Waals surface area contributed by atoms with Gasteiger partial charge in [-0.2, -0.15) is 0 Å². The van der Waals surface area contributed by atoms with Crippen molar-refractivity contribution in [3.8, 4) is 28.7 Å². The maximum atomic E-state index is 13.2. The Balaban J connectivity index is 1.49. The fourth-order valence-electron chi connectivity index (χ4n) is 4.14. The second-order valence-electron chi connectivity index (χ2n) is 8.73. The molecule has 0 radical (unpaired) electrons. The molecule has 0 saturated heterocycles. The quantitative estimate of drug-likeness (QED) is 0.339. The SMILES string of the molecule is CCOc1cc(C(=O)Nc2ccc3c(c2)OCC(=O)N3CCOc2ccc(C)cc2)cc(OCC)c1OCC. The van der Waals surface area contributed by atoms with E-state index in [-0.39, 0.29) is 18.4 Å². The molecular formula is C30H34N2O7. The predicted molar refractivity (Wildman–Crippen MR) is 149 cm³/mol. The Bertz CT molecular complexity index is 1280. The van der Waals surface area contributed by atoms with Gasteiger partial charge in [-0.25, -0.2) is 0 Å². The second kappa shape index (κ2) is 12.9. The van der Waals surface area contributed by atoms with Crippen LogP contribution in [-0.4, -0.2) is 51.4 Å². The topological polar surface area (TPSA) is 95.6 Å². The van der Waals surface area contributed by atoms with Gasteiger partial charge in [-0.3, -0.25) is 9.59 Å². The molecule has 39 heavy (non-hydrogen) atoms. The Morgan fingerprint density at radius 1 is 0.897 bits per heavy atom. The molecular weight excluding hydrogens is 500 g/mol. The van der Waals surface area contributed by atoms with Crippen LogP contribution in [0.4, 0.5) is 11.4 Å². The molecule has 3 aromatic carbocycles. The van der Waals surface area contributed by atoms with Crippen LogP contribution in [0.1, 0.15) is 36.7 Å². The largest absolute Gasteiger partial charge is 0.492 e. The summed E-state index contributed by atoms with van der Waals surface area (Å²) < 4.78 is 28.7. The summed E-state index contributed by atoms with van der Waals surface area (Å²) in [6.07, 6.45) is 0. The lowest BCUT2D eigenvalue weighted by molar-refractivity contribution is -0.121. The van der Waals surface area contributed by atoms with Gasteiger partial charge in [-0.15, -0.1) is 0 Å². The molecule has 0 aliphatic carbocycles. The van der Waals surface area contributed by atoms with Crippen LogP contribution in [0, 0.1) is 6.92 Å². The van der Waals surface area contributed by atoms with Crippen molar-refractivity contribution in [3.63, 3.8) is 0 Å². The van der Waals surface area contributed by atoms with E-state index in [0.717, 1.165) is 11.3 Å². The van der Waals surface area contributed by atoms with E-state index in [4.69, 9.17) is 23.7 Å². The molecule has 1 heterocycles. The number of nitrogens with zero attached hydrogens (tertiary/aromatic N) is 1. The Morgan fingerprint density at radius 2 is 1.56 bits per heavy atom. The molecule has 4 rings (SSSR count). The highest BCUT2D eigenvalue weighted by atomic mass is 16.5. The molecule has 3 aromatic rings. The molecule has 0 saturated carbocycles. The number of anilines is 2. The lowest BCUT2D eigenvalue weighted by Gasteiger charge is -2.29. The van der Waals surface area contributed by atoms with Gasteiger partial charge in [-0.05, 0) is 64.1 Å². The lowest BCUT2D eigenvalue weighted by atomic mass is 10.1. The fraction of sp³-hybridized carbons (Fsp3) is 0.333. The number of ether oxygens (including phenoxy) is 5. The van der Waals surface area contributed by atoms with E-state index < -0.39 is 0 Å². The molecule has 206 valence electrons. The summed E-state index contributed by atoms with van der Waals surface area (Å²) >= 11 is 0. The first-order valence-corrected chi connectivity index (χ1v) is 13.1. The number of fused-ring (bicyclic) bond motifs is 1. The molecule has 1 N–H and O–H groups in total. The standard InChI is InChI=1S/C30H34N2O7/c1-5-35-26-16-21(17-27(36-6-2)29(26)37-7-3)30(34)31-22-10-13-24-25(18-22)39-19-28(33)32(24)14-15-38-23-11-8-20(4)9-12-23/h8-13,16-18H,5-7,14-15,19H2,1-4H3,(H,31,34). The van der Waals surface area contributed by atoms with Crippen molar-refractivity contribution in [1.82, 2.24) is 0 Å². The zero-order valence-electron chi connectivity index (χ0n) is 22.7. The van der Waals surface area contributed by atoms with Gasteiger partial charge < -0.3 is 33.9 Å². The number of amides is 2. The monoisotopic (exact) mass is 534 g/mol. The number of benzene rings is 3. The molecule has 0 unspecified atom stereocenters. The minimum atomic E-state index is -0.352. The average Bonchev–Trinajstić information content (AvgIpc) is 2.93. The highest BCUT2D eigenvalue weighted by Gasteiger charge is 2.26. The van der Waals surface area contributed by atoms with E-state index >= 15 is 0 Å². The molecule has 9 heteroatoms. The van der Waals surface area contributed by atoms with Crippen LogP contribution >= 0.6 is 0 Å². The van der Waals surface area contributed by atoms with Crippen molar-refractivity contribution in [2.45, 2.75) is 27.7 Å². The first kappa shape index (κ1) is 27.6. The number of hydrogen-bond donors (Lipinski definition) is 1. The Labute approximate surface area is 228 Å². The maximum absolute atomic E-state index is 13.2. The summed E-state index contributed by atoms with van der Waals surface area (Å²) in [4.78, 5) is 27.4. The third-order valence-electron chi connectivity index (χ3n) is 5.94. The molecule has 0 spiro atoms. The van der Waals surface area contributed by atoms with Gasteiger partial charge in [-0.1, -0.05) is 17.7 Å². The number of nitrogens with one attached hydrogen (secondary N) is 1. The van der Waals surface area contributed by atoms with Crippen LogP contribution in [0.5, 0.6) is 28.7 Å². The molecule has 0 atom stereocenters. The van der Waals surface area contributed by atoms with E-state index in [0.29, 0.717) is 72.9 Å². The first-order chi connectivity index (χ1) is 18.9. The third-order valence-corrected chi connectivity index (χ3v) is 5.94. The molecule has 2 amide bonds. The normalized spacial score (nSPS) is 12.3. The summed E-state index contributed by atoms with van der Waals surface area (Å²) in [5.41, 5.74) is 2.65. The summed E-state index contributed by atoms with van der Waals surface area (Å²) in [7, 11) is 0. The van der Waals surface area contributed by atoms with Crippen molar-refractivity contribution >= 4 is 23.2 Å². The zero-order valence-corrected chi connectivity index (χ0v) is 22.7. The number of rotatable bonds is 12. The van der Waals surface area contributed by atoms with Crippen LogP contribution < -0.4 is 33.9 Å². The van der Waals surface area contributed by atoms with Crippen LogP contribution in [0.2, 0.25) is 0 Å². The van der Waals surface area contributed by atoms with Crippen molar-refractivity contribution in [2.24, 2.45) is 0 Å². The van der Waals surface area contributed by atoms with Crippen molar-refractivity contribution in [1.29, 1.82) is 0 Å². The molecule has 1 aliphatic heterocycles. The van der Waals surface area contributed by atoms with Crippen molar-refractivity contribution in [2.75, 3.05) is 49.8 Å². The number of hydrogen-bond acceptors (Lipinski definition) is 7. The molecule has 1 aliphatic rings. The van der Waals surface area contributed by atoms with E-state index in [9.17, 15) is 9.59 Å². The number of carbonyl (C=O) groups excluding carboxylic acids is 2. The van der Waals surface area contributed by atoms with Crippen LogP contribution in [0.25, 0.3) is 0 Å². The van der Waals surface area contributed by atoms with Gasteiger partial charge in [0.1, 0.15) is 18.1 Å². The van der Waals surface area contributed by atoms with E-state index in [1.165, 1.54) is 0 Å². The number of aryl methyl sites for hydroxylation is 1. The molecule has 0 fully saturated rings. The molecule has 0 aromatic heterocycles. The predicted octanol–water partition coefficient (Wildman–Crippen LogP) is 5.25. The maximum Gasteiger partial charge on any atom is 0.265 e. The van der Waals surface area contributed by atoms with Gasteiger partial charge in [0.15, 0.2) is 18.1 Å². The Kier molecular flexibility index (Phi) is 9.14. The minimum Gasteiger partial charge on any atom is -0.492 e.